The lowest BCUT2D eigenvalue weighted by molar-refractivity contribution is -0.142. The third kappa shape index (κ3) is 5.45. The molecule has 1 fully saturated rings. The highest BCUT2D eigenvalue weighted by Crippen LogP contribution is 2.41. The molecule has 7 nitrogen and oxygen atoms in total. The van der Waals surface area contributed by atoms with Crippen molar-refractivity contribution >= 4 is 18.0 Å². The van der Waals surface area contributed by atoms with E-state index in [9.17, 15) is 14.4 Å². The monoisotopic (exact) mass is 299 g/mol. The summed E-state index contributed by atoms with van der Waals surface area (Å²) in [4.78, 5) is 34.7. The second-order valence-electron chi connectivity index (χ2n) is 5.73. The zero-order valence-electron chi connectivity index (χ0n) is 12.9. The third-order valence-electron chi connectivity index (χ3n) is 2.77. The number of nitrogens with one attached hydrogen (secondary N) is 1. The summed E-state index contributed by atoms with van der Waals surface area (Å²) >= 11 is 0. The molecule has 0 spiro atoms. The van der Waals surface area contributed by atoms with E-state index >= 15 is 0 Å². The lowest BCUT2D eigenvalue weighted by atomic mass is 10.2. The number of carbonyl (C=O) groups is 3. The van der Waals surface area contributed by atoms with Crippen molar-refractivity contribution in [2.24, 2.45) is 11.8 Å². The molecule has 0 aromatic carbocycles. The molecule has 0 aromatic heterocycles. The van der Waals surface area contributed by atoms with Crippen LogP contribution in [0.5, 0.6) is 0 Å². The smallest absolute Gasteiger partial charge is 0.412 e. The van der Waals surface area contributed by atoms with Crippen molar-refractivity contribution in [1.82, 2.24) is 5.32 Å². The Hall–Kier alpha value is -2.05. The van der Waals surface area contributed by atoms with E-state index in [-0.39, 0.29) is 23.5 Å². The van der Waals surface area contributed by atoms with E-state index in [0.29, 0.717) is 6.42 Å². The van der Waals surface area contributed by atoms with Crippen LogP contribution >= 0.6 is 0 Å². The molecule has 1 aliphatic carbocycles. The molecule has 0 bridgehead atoms. The molecule has 118 valence electrons. The van der Waals surface area contributed by atoms with Crippen molar-refractivity contribution in [2.45, 2.75) is 32.8 Å². The Kier molecular flexibility index (Phi) is 5.34. The number of rotatable bonds is 4. The van der Waals surface area contributed by atoms with Gasteiger partial charge in [0, 0.05) is 0 Å². The van der Waals surface area contributed by atoms with Crippen LogP contribution in [0.3, 0.4) is 0 Å². The Morgan fingerprint density at radius 3 is 2.24 bits per heavy atom. The predicted octanol–water partition coefficient (Wildman–Crippen LogP) is 1.38. The average Bonchev–Trinajstić information content (AvgIpc) is 3.13. The summed E-state index contributed by atoms with van der Waals surface area (Å²) in [6, 6.07) is 0. The van der Waals surface area contributed by atoms with Gasteiger partial charge in [-0.15, -0.1) is 0 Å². The van der Waals surface area contributed by atoms with E-state index in [1.807, 2.05) is 0 Å². The molecule has 1 N–H and O–H groups in total. The van der Waals surface area contributed by atoms with E-state index < -0.39 is 17.7 Å². The lowest BCUT2D eigenvalue weighted by Crippen LogP contribution is -2.34. The van der Waals surface area contributed by atoms with E-state index in [4.69, 9.17) is 4.74 Å². The fourth-order valence-electron chi connectivity index (χ4n) is 1.72. The first-order chi connectivity index (χ1) is 9.67. The van der Waals surface area contributed by atoms with E-state index in [1.165, 1.54) is 20.3 Å². The maximum atomic E-state index is 11.7. The molecule has 2 atom stereocenters. The first-order valence-electron chi connectivity index (χ1n) is 6.56. The Morgan fingerprint density at radius 2 is 1.76 bits per heavy atom. The predicted molar refractivity (Wildman–Crippen MR) is 73.1 cm³/mol. The van der Waals surface area contributed by atoms with Crippen LogP contribution in [0.25, 0.3) is 0 Å². The second kappa shape index (κ2) is 6.60. The van der Waals surface area contributed by atoms with Crippen LogP contribution in [0.2, 0.25) is 0 Å². The minimum Gasteiger partial charge on any atom is -0.469 e. The quantitative estimate of drug-likeness (QED) is 0.479. The van der Waals surface area contributed by atoms with E-state index in [2.05, 4.69) is 14.8 Å². The fraction of sp³-hybridized carbons (Fsp3) is 0.643. The maximum absolute atomic E-state index is 11.7. The van der Waals surface area contributed by atoms with Crippen LogP contribution in [0.15, 0.2) is 11.8 Å². The molecular formula is C14H21NO6. The number of hydrogen-bond donors (Lipinski definition) is 1. The number of amides is 1. The number of carbonyl (C=O) groups excluding carboxylic acids is 3. The zero-order valence-corrected chi connectivity index (χ0v) is 12.9. The normalized spacial score (nSPS) is 21.3. The van der Waals surface area contributed by atoms with Gasteiger partial charge in [-0.3, -0.25) is 10.1 Å². The molecule has 0 aromatic rings. The van der Waals surface area contributed by atoms with Gasteiger partial charge in [-0.1, -0.05) is 0 Å². The van der Waals surface area contributed by atoms with Gasteiger partial charge >= 0.3 is 18.0 Å². The highest BCUT2D eigenvalue weighted by Gasteiger charge is 2.43. The number of hydrogen-bond acceptors (Lipinski definition) is 6. The molecule has 0 radical (unpaired) electrons. The van der Waals surface area contributed by atoms with Crippen LogP contribution in [0, 0.1) is 11.8 Å². The molecule has 0 heterocycles. The van der Waals surface area contributed by atoms with E-state index in [1.54, 1.807) is 20.8 Å². The molecule has 0 unspecified atom stereocenters. The van der Waals surface area contributed by atoms with Crippen LogP contribution in [-0.4, -0.2) is 37.9 Å². The van der Waals surface area contributed by atoms with Crippen molar-refractivity contribution in [3.8, 4) is 0 Å². The SMILES string of the molecule is COC(=O)/C(=C/[C@H]1C[C@H]1C(=O)OC)NC(=O)OC(C)(C)C. The Morgan fingerprint density at radius 1 is 1.14 bits per heavy atom. The van der Waals surface area contributed by atoms with Gasteiger partial charge in [0.25, 0.3) is 0 Å². The molecule has 1 rings (SSSR count). The highest BCUT2D eigenvalue weighted by molar-refractivity contribution is 5.92. The number of ether oxygens (including phenoxy) is 3. The number of allylic oxidation sites excluding steroid dienone is 1. The van der Waals surface area contributed by atoms with Crippen LogP contribution in [-0.2, 0) is 23.8 Å². The highest BCUT2D eigenvalue weighted by atomic mass is 16.6. The topological polar surface area (TPSA) is 90.9 Å². The Bertz CT molecular complexity index is 463. The van der Waals surface area contributed by atoms with Crippen LogP contribution in [0.4, 0.5) is 4.79 Å². The molecular weight excluding hydrogens is 278 g/mol. The molecule has 1 saturated carbocycles. The van der Waals surface area contributed by atoms with Crippen molar-refractivity contribution in [3.63, 3.8) is 0 Å². The van der Waals surface area contributed by atoms with Crippen molar-refractivity contribution < 1.29 is 28.6 Å². The summed E-state index contributed by atoms with van der Waals surface area (Å²) in [5, 5.41) is 2.35. The van der Waals surface area contributed by atoms with Gasteiger partial charge in [0.1, 0.15) is 11.3 Å². The molecule has 0 saturated heterocycles. The summed E-state index contributed by atoms with van der Waals surface area (Å²) < 4.78 is 14.3. The molecule has 1 aliphatic rings. The molecule has 0 aliphatic heterocycles. The number of methoxy groups -OCH3 is 2. The second-order valence-corrected chi connectivity index (χ2v) is 5.73. The first-order valence-corrected chi connectivity index (χ1v) is 6.56. The van der Waals surface area contributed by atoms with Gasteiger partial charge in [-0.25, -0.2) is 9.59 Å². The molecule has 21 heavy (non-hydrogen) atoms. The van der Waals surface area contributed by atoms with Crippen molar-refractivity contribution in [1.29, 1.82) is 0 Å². The minimum atomic E-state index is -0.755. The summed E-state index contributed by atoms with van der Waals surface area (Å²) in [6.07, 6.45) is 1.31. The largest absolute Gasteiger partial charge is 0.469 e. The van der Waals surface area contributed by atoms with E-state index in [0.717, 1.165) is 0 Å². The first kappa shape index (κ1) is 17.0. The summed E-state index contributed by atoms with van der Waals surface area (Å²) in [5.74, 6) is -1.47. The zero-order chi connectivity index (χ0) is 16.2. The summed E-state index contributed by atoms with van der Waals surface area (Å²) in [5.41, 5.74) is -0.720. The standard InChI is InChI=1S/C14H21NO6/c1-14(2,3)21-13(18)15-10(12(17)20-5)7-8-6-9(8)11(16)19-4/h7-9H,6H2,1-5H3,(H,15,18)/b10-7-/t8-,9-/m1/s1. The molecule has 1 amide bonds. The summed E-state index contributed by atoms with van der Waals surface area (Å²) in [6.45, 7) is 5.13. The Labute approximate surface area is 123 Å². The van der Waals surface area contributed by atoms with Gasteiger partial charge in [0.2, 0.25) is 0 Å². The minimum absolute atomic E-state index is 0.0387. The van der Waals surface area contributed by atoms with Gasteiger partial charge < -0.3 is 14.2 Å². The van der Waals surface area contributed by atoms with Gasteiger partial charge in [0.05, 0.1) is 20.1 Å². The molecule has 7 heteroatoms. The maximum Gasteiger partial charge on any atom is 0.412 e. The fourth-order valence-corrected chi connectivity index (χ4v) is 1.72. The Balaban J connectivity index is 2.72. The van der Waals surface area contributed by atoms with Gasteiger partial charge in [0.15, 0.2) is 0 Å². The van der Waals surface area contributed by atoms with Gasteiger partial charge in [-0.05, 0) is 39.2 Å². The number of esters is 2. The van der Waals surface area contributed by atoms with Gasteiger partial charge in [-0.2, -0.15) is 0 Å². The lowest BCUT2D eigenvalue weighted by Gasteiger charge is -2.20. The summed E-state index contributed by atoms with van der Waals surface area (Å²) in [7, 11) is 2.51. The number of alkyl carbamates (subject to hydrolysis) is 1. The van der Waals surface area contributed by atoms with Crippen LogP contribution in [0.1, 0.15) is 27.2 Å². The van der Waals surface area contributed by atoms with Crippen molar-refractivity contribution in [2.75, 3.05) is 14.2 Å². The third-order valence-corrected chi connectivity index (χ3v) is 2.77. The van der Waals surface area contributed by atoms with Crippen molar-refractivity contribution in [3.05, 3.63) is 11.8 Å². The van der Waals surface area contributed by atoms with Crippen LogP contribution < -0.4 is 5.32 Å². The average molecular weight is 299 g/mol.